The summed E-state index contributed by atoms with van der Waals surface area (Å²) in [6.07, 6.45) is 12.9. The third kappa shape index (κ3) is 6.11. The predicted molar refractivity (Wildman–Crippen MR) is 105 cm³/mol. The van der Waals surface area contributed by atoms with Crippen molar-refractivity contribution in [1.29, 1.82) is 0 Å². The van der Waals surface area contributed by atoms with Gasteiger partial charge in [-0.2, -0.15) is 0 Å². The zero-order valence-electron chi connectivity index (χ0n) is 16.7. The first-order valence-corrected chi connectivity index (χ1v) is 9.08. The monoisotopic (exact) mass is 360 g/mol. The quantitative estimate of drug-likeness (QED) is 0.498. The van der Waals surface area contributed by atoms with Gasteiger partial charge in [0.2, 0.25) is 5.78 Å². The fourth-order valence-corrected chi connectivity index (χ4v) is 2.63. The van der Waals surface area contributed by atoms with E-state index in [4.69, 9.17) is 4.74 Å². The lowest BCUT2D eigenvalue weighted by molar-refractivity contribution is -0.168. The Morgan fingerprint density at radius 3 is 2.54 bits per heavy atom. The average molecular weight is 360 g/mol. The molecular formula is C22H32O4. The van der Waals surface area contributed by atoms with Crippen LogP contribution in [-0.4, -0.2) is 27.9 Å². The summed E-state index contributed by atoms with van der Waals surface area (Å²) in [7, 11) is 0. The number of carbonyl (C=O) groups excluding carboxylic acids is 1. The lowest BCUT2D eigenvalue weighted by Crippen LogP contribution is -2.32. The molecule has 0 aromatic rings. The van der Waals surface area contributed by atoms with Crippen molar-refractivity contribution in [2.24, 2.45) is 5.92 Å². The summed E-state index contributed by atoms with van der Waals surface area (Å²) in [5, 5.41) is 19.9. The van der Waals surface area contributed by atoms with E-state index in [-0.39, 0.29) is 11.7 Å². The molecule has 1 aliphatic rings. The molecule has 0 radical (unpaired) electrons. The molecule has 3 unspecified atom stereocenters. The van der Waals surface area contributed by atoms with Gasteiger partial charge in [0.05, 0.1) is 6.10 Å². The summed E-state index contributed by atoms with van der Waals surface area (Å²) in [6.45, 7) is 10.9. The Bertz CT molecular complexity index is 660. The molecule has 144 valence electrons. The Kier molecular flexibility index (Phi) is 8.25. The normalized spacial score (nSPS) is 24.7. The summed E-state index contributed by atoms with van der Waals surface area (Å²) in [5.41, 5.74) is 2.64. The van der Waals surface area contributed by atoms with Gasteiger partial charge in [-0.25, -0.2) is 0 Å². The Morgan fingerprint density at radius 1 is 1.35 bits per heavy atom. The number of aliphatic hydroxyl groups excluding tert-OH is 1. The van der Waals surface area contributed by atoms with Gasteiger partial charge in [-0.15, -0.1) is 0 Å². The van der Waals surface area contributed by atoms with Crippen molar-refractivity contribution in [3.8, 4) is 0 Å². The minimum absolute atomic E-state index is 0.0647. The molecule has 0 aromatic carbocycles. The highest BCUT2D eigenvalue weighted by Gasteiger charge is 2.41. The van der Waals surface area contributed by atoms with Gasteiger partial charge < -0.3 is 14.9 Å². The van der Waals surface area contributed by atoms with E-state index in [2.05, 4.69) is 6.92 Å². The molecule has 0 spiro atoms. The van der Waals surface area contributed by atoms with Gasteiger partial charge in [0.25, 0.3) is 5.79 Å². The lowest BCUT2D eigenvalue weighted by Gasteiger charge is -2.15. The Morgan fingerprint density at radius 2 is 2.00 bits per heavy atom. The average Bonchev–Trinajstić information content (AvgIpc) is 2.79. The van der Waals surface area contributed by atoms with Gasteiger partial charge in [0.1, 0.15) is 5.76 Å². The van der Waals surface area contributed by atoms with E-state index >= 15 is 0 Å². The molecule has 0 saturated carbocycles. The van der Waals surface area contributed by atoms with Gasteiger partial charge >= 0.3 is 0 Å². The highest BCUT2D eigenvalue weighted by molar-refractivity contribution is 6.02. The van der Waals surface area contributed by atoms with E-state index in [1.165, 1.54) is 12.5 Å². The molecule has 1 heterocycles. The maximum Gasteiger partial charge on any atom is 0.269 e. The van der Waals surface area contributed by atoms with E-state index in [0.29, 0.717) is 11.3 Å². The fraction of sp³-hybridized carbons (Fsp3) is 0.500. The van der Waals surface area contributed by atoms with Crippen LogP contribution in [0.25, 0.3) is 0 Å². The SMILES string of the molecule is CC=C(C)C(O)C(C)C=CC=C(C)CCC=CC1=C(C)C(=O)C(C)(O)O1. The largest absolute Gasteiger partial charge is 0.455 e. The van der Waals surface area contributed by atoms with E-state index < -0.39 is 11.9 Å². The topological polar surface area (TPSA) is 66.8 Å². The molecule has 1 rings (SSSR count). The van der Waals surface area contributed by atoms with E-state index in [1.54, 1.807) is 13.0 Å². The molecule has 3 atom stereocenters. The summed E-state index contributed by atoms with van der Waals surface area (Å²) in [5.74, 6) is -1.63. The number of carbonyl (C=O) groups is 1. The van der Waals surface area contributed by atoms with Crippen LogP contribution >= 0.6 is 0 Å². The molecule has 0 amide bonds. The molecular weight excluding hydrogens is 328 g/mol. The van der Waals surface area contributed by atoms with Crippen molar-refractivity contribution in [2.45, 2.75) is 66.3 Å². The predicted octanol–water partition coefficient (Wildman–Crippen LogP) is 4.37. The minimum Gasteiger partial charge on any atom is -0.455 e. The van der Waals surface area contributed by atoms with Crippen molar-refractivity contribution in [2.75, 3.05) is 0 Å². The molecule has 0 aliphatic carbocycles. The van der Waals surface area contributed by atoms with Gasteiger partial charge in [-0.3, -0.25) is 4.79 Å². The number of rotatable bonds is 8. The van der Waals surface area contributed by atoms with Crippen molar-refractivity contribution in [3.63, 3.8) is 0 Å². The molecule has 0 aromatic heterocycles. The van der Waals surface area contributed by atoms with Crippen molar-refractivity contribution >= 4 is 5.78 Å². The number of ketones is 1. The van der Waals surface area contributed by atoms with E-state index in [1.807, 2.05) is 51.2 Å². The van der Waals surface area contributed by atoms with Crippen LogP contribution in [-0.2, 0) is 9.53 Å². The fourth-order valence-electron chi connectivity index (χ4n) is 2.63. The van der Waals surface area contributed by atoms with Crippen LogP contribution in [0.2, 0.25) is 0 Å². The molecule has 26 heavy (non-hydrogen) atoms. The second-order valence-electron chi connectivity index (χ2n) is 7.08. The van der Waals surface area contributed by atoms with Gasteiger partial charge in [0.15, 0.2) is 0 Å². The first kappa shape index (κ1) is 22.1. The second-order valence-corrected chi connectivity index (χ2v) is 7.08. The van der Waals surface area contributed by atoms with Crippen molar-refractivity contribution < 1.29 is 19.7 Å². The van der Waals surface area contributed by atoms with Crippen LogP contribution in [0.5, 0.6) is 0 Å². The maximum atomic E-state index is 11.8. The van der Waals surface area contributed by atoms with Crippen molar-refractivity contribution in [1.82, 2.24) is 0 Å². The first-order valence-electron chi connectivity index (χ1n) is 9.08. The third-order valence-corrected chi connectivity index (χ3v) is 4.63. The van der Waals surface area contributed by atoms with Crippen LogP contribution in [0, 0.1) is 5.92 Å². The number of hydrogen-bond donors (Lipinski definition) is 2. The van der Waals surface area contributed by atoms with E-state index in [0.717, 1.165) is 18.4 Å². The van der Waals surface area contributed by atoms with Crippen LogP contribution in [0.15, 0.2) is 58.9 Å². The smallest absolute Gasteiger partial charge is 0.269 e. The Labute approximate surface area is 157 Å². The number of aliphatic hydroxyl groups is 2. The van der Waals surface area contributed by atoms with Gasteiger partial charge in [-0.05, 0) is 52.2 Å². The first-order chi connectivity index (χ1) is 12.1. The standard InChI is InChI=1S/C22H32O4/c1-7-16(3)20(23)17(4)13-10-12-15(2)11-8-9-14-19-18(5)21(24)22(6,25)26-19/h7,9-10,12-14,17,20,23,25H,8,11H2,1-6H3. The zero-order chi connectivity index (χ0) is 19.9. The molecule has 0 saturated heterocycles. The van der Waals surface area contributed by atoms with Gasteiger partial charge in [0, 0.05) is 18.4 Å². The highest BCUT2D eigenvalue weighted by atomic mass is 16.6. The Hall–Kier alpha value is -1.91. The van der Waals surface area contributed by atoms with E-state index in [9.17, 15) is 15.0 Å². The van der Waals surface area contributed by atoms with Crippen LogP contribution in [0.1, 0.15) is 54.4 Å². The minimum atomic E-state index is -1.74. The molecule has 4 nitrogen and oxygen atoms in total. The second kappa shape index (κ2) is 9.70. The molecule has 0 bridgehead atoms. The zero-order valence-corrected chi connectivity index (χ0v) is 16.7. The van der Waals surface area contributed by atoms with Crippen LogP contribution < -0.4 is 0 Å². The number of Topliss-reactive ketones (excluding diaryl/α,β-unsaturated/α-hetero) is 1. The molecule has 2 N–H and O–H groups in total. The van der Waals surface area contributed by atoms with Crippen LogP contribution in [0.4, 0.5) is 0 Å². The molecule has 0 fully saturated rings. The van der Waals surface area contributed by atoms with Crippen molar-refractivity contribution in [3.05, 3.63) is 58.9 Å². The number of ether oxygens (including phenoxy) is 1. The van der Waals surface area contributed by atoms with Gasteiger partial charge in [-0.1, -0.05) is 42.9 Å². The summed E-state index contributed by atoms with van der Waals surface area (Å²) >= 11 is 0. The maximum absolute atomic E-state index is 11.8. The van der Waals surface area contributed by atoms with Crippen LogP contribution in [0.3, 0.4) is 0 Å². The Balaban J connectivity index is 2.50. The third-order valence-electron chi connectivity index (χ3n) is 4.63. The number of allylic oxidation sites excluding steroid dienone is 6. The summed E-state index contributed by atoms with van der Waals surface area (Å²) in [4.78, 5) is 11.8. The lowest BCUT2D eigenvalue weighted by atomic mass is 9.97. The number of hydrogen-bond acceptors (Lipinski definition) is 4. The molecule has 1 aliphatic heterocycles. The molecule has 4 heteroatoms. The summed E-state index contributed by atoms with van der Waals surface area (Å²) in [6, 6.07) is 0. The summed E-state index contributed by atoms with van der Waals surface area (Å²) < 4.78 is 5.27. The highest BCUT2D eigenvalue weighted by Crippen LogP contribution is 2.29.